The maximum absolute atomic E-state index is 12.1. The molecule has 1 aliphatic carbocycles. The number of ketones is 1. The molecule has 5 heteroatoms. The number of amides is 1. The number of carboxylic acids is 1. The molecule has 0 aromatic heterocycles. The summed E-state index contributed by atoms with van der Waals surface area (Å²) in [5.74, 6) is -1.24. The van der Waals surface area contributed by atoms with E-state index in [1.165, 1.54) is 6.92 Å². The Morgan fingerprint density at radius 3 is 2.00 bits per heavy atom. The first-order valence-corrected chi connectivity index (χ1v) is 7.12. The van der Waals surface area contributed by atoms with Gasteiger partial charge in [-0.3, -0.25) is 14.4 Å². The monoisotopic (exact) mass is 289 g/mol. The van der Waals surface area contributed by atoms with Crippen LogP contribution in [0, 0.1) is 5.92 Å². The van der Waals surface area contributed by atoms with Gasteiger partial charge in [-0.05, 0) is 44.7 Å². The Morgan fingerprint density at radius 1 is 1.00 bits per heavy atom. The van der Waals surface area contributed by atoms with Crippen molar-refractivity contribution in [3.05, 3.63) is 35.4 Å². The van der Waals surface area contributed by atoms with Crippen molar-refractivity contribution in [3.8, 4) is 0 Å². The number of aliphatic carboxylic acids is 1. The van der Waals surface area contributed by atoms with Crippen LogP contribution in [0.3, 0.4) is 0 Å². The Kier molecular flexibility index (Phi) is 4.73. The third-order valence-corrected chi connectivity index (χ3v) is 3.97. The number of nitrogens with one attached hydrogen (secondary N) is 1. The molecule has 0 radical (unpaired) electrons. The lowest BCUT2D eigenvalue weighted by Crippen LogP contribution is -2.38. The lowest BCUT2D eigenvalue weighted by Gasteiger charge is -2.26. The molecule has 112 valence electrons. The van der Waals surface area contributed by atoms with Crippen LogP contribution in [0.5, 0.6) is 0 Å². The summed E-state index contributed by atoms with van der Waals surface area (Å²) in [6.45, 7) is 1.48. The Labute approximate surface area is 123 Å². The molecule has 1 aromatic carbocycles. The Bertz CT molecular complexity index is 542. The molecule has 0 saturated heterocycles. The van der Waals surface area contributed by atoms with Gasteiger partial charge in [0, 0.05) is 17.2 Å². The van der Waals surface area contributed by atoms with Crippen molar-refractivity contribution in [1.82, 2.24) is 5.32 Å². The average Bonchev–Trinajstić information content (AvgIpc) is 2.47. The topological polar surface area (TPSA) is 83.5 Å². The molecule has 0 heterocycles. The van der Waals surface area contributed by atoms with Gasteiger partial charge in [0.1, 0.15) is 0 Å². The average molecular weight is 289 g/mol. The van der Waals surface area contributed by atoms with E-state index in [2.05, 4.69) is 5.32 Å². The molecule has 0 atom stereocenters. The molecule has 1 saturated carbocycles. The van der Waals surface area contributed by atoms with Crippen LogP contribution in [-0.2, 0) is 4.79 Å². The summed E-state index contributed by atoms with van der Waals surface area (Å²) >= 11 is 0. The Balaban J connectivity index is 1.90. The van der Waals surface area contributed by atoms with Crippen LogP contribution in [-0.4, -0.2) is 28.8 Å². The van der Waals surface area contributed by atoms with Crippen molar-refractivity contribution in [2.45, 2.75) is 38.6 Å². The first kappa shape index (κ1) is 15.2. The number of hydrogen-bond acceptors (Lipinski definition) is 3. The second-order valence-electron chi connectivity index (χ2n) is 5.49. The van der Waals surface area contributed by atoms with E-state index >= 15 is 0 Å². The van der Waals surface area contributed by atoms with Crippen molar-refractivity contribution in [2.24, 2.45) is 5.92 Å². The smallest absolute Gasteiger partial charge is 0.306 e. The molecule has 2 rings (SSSR count). The molecule has 1 aliphatic rings. The third-order valence-electron chi connectivity index (χ3n) is 3.97. The number of carbonyl (C=O) groups is 3. The molecule has 21 heavy (non-hydrogen) atoms. The number of hydrogen-bond donors (Lipinski definition) is 2. The van der Waals surface area contributed by atoms with E-state index in [-0.39, 0.29) is 23.7 Å². The quantitative estimate of drug-likeness (QED) is 0.833. The molecular weight excluding hydrogens is 270 g/mol. The molecule has 2 N–H and O–H groups in total. The second-order valence-corrected chi connectivity index (χ2v) is 5.49. The first-order valence-electron chi connectivity index (χ1n) is 7.12. The number of carbonyl (C=O) groups excluding carboxylic acids is 2. The van der Waals surface area contributed by atoms with Gasteiger partial charge >= 0.3 is 5.97 Å². The summed E-state index contributed by atoms with van der Waals surface area (Å²) in [6.07, 6.45) is 2.58. The van der Waals surface area contributed by atoms with E-state index in [0.29, 0.717) is 36.8 Å². The fraction of sp³-hybridized carbons (Fsp3) is 0.438. The van der Waals surface area contributed by atoms with Crippen LogP contribution in [0.25, 0.3) is 0 Å². The van der Waals surface area contributed by atoms with Crippen LogP contribution in [0.4, 0.5) is 0 Å². The standard InChI is InChI=1S/C16H19NO4/c1-10(18)11-2-4-12(5-3-11)15(19)17-14-8-6-13(7-9-14)16(20)21/h2-5,13-14H,6-9H2,1H3,(H,17,19)(H,20,21). The number of benzene rings is 1. The first-order chi connectivity index (χ1) is 9.97. The lowest BCUT2D eigenvalue weighted by molar-refractivity contribution is -0.142. The van der Waals surface area contributed by atoms with Gasteiger partial charge in [0.05, 0.1) is 5.92 Å². The number of rotatable bonds is 4. The SMILES string of the molecule is CC(=O)c1ccc(C(=O)NC2CCC(C(=O)O)CC2)cc1. The van der Waals surface area contributed by atoms with Crippen molar-refractivity contribution >= 4 is 17.7 Å². The van der Waals surface area contributed by atoms with E-state index in [9.17, 15) is 14.4 Å². The van der Waals surface area contributed by atoms with Crippen LogP contribution < -0.4 is 5.32 Å². The maximum atomic E-state index is 12.1. The molecular formula is C16H19NO4. The summed E-state index contributed by atoms with van der Waals surface area (Å²) in [4.78, 5) is 34.2. The van der Waals surface area contributed by atoms with Crippen LogP contribution in [0.2, 0.25) is 0 Å². The zero-order chi connectivity index (χ0) is 15.4. The zero-order valence-electron chi connectivity index (χ0n) is 12.0. The zero-order valence-corrected chi connectivity index (χ0v) is 12.0. The minimum atomic E-state index is -0.750. The highest BCUT2D eigenvalue weighted by Crippen LogP contribution is 2.24. The van der Waals surface area contributed by atoms with E-state index in [1.54, 1.807) is 24.3 Å². The number of Topliss-reactive ketones (excluding diaryl/α,β-unsaturated/α-hetero) is 1. The molecule has 1 amide bonds. The molecule has 0 spiro atoms. The van der Waals surface area contributed by atoms with Crippen molar-refractivity contribution < 1.29 is 19.5 Å². The summed E-state index contributed by atoms with van der Waals surface area (Å²) < 4.78 is 0. The molecule has 1 aromatic rings. The van der Waals surface area contributed by atoms with Gasteiger partial charge in [-0.2, -0.15) is 0 Å². The second kappa shape index (κ2) is 6.52. The minimum absolute atomic E-state index is 0.0283. The van der Waals surface area contributed by atoms with Crippen molar-refractivity contribution in [2.75, 3.05) is 0 Å². The highest BCUT2D eigenvalue weighted by molar-refractivity contribution is 5.97. The molecule has 0 unspecified atom stereocenters. The predicted octanol–water partition coefficient (Wildman–Crippen LogP) is 2.26. The highest BCUT2D eigenvalue weighted by Gasteiger charge is 2.26. The highest BCUT2D eigenvalue weighted by atomic mass is 16.4. The van der Waals surface area contributed by atoms with E-state index < -0.39 is 5.97 Å². The van der Waals surface area contributed by atoms with Gasteiger partial charge in [-0.25, -0.2) is 0 Å². The van der Waals surface area contributed by atoms with Gasteiger partial charge in [-0.1, -0.05) is 12.1 Å². The summed E-state index contributed by atoms with van der Waals surface area (Å²) in [5.41, 5.74) is 1.09. The lowest BCUT2D eigenvalue weighted by atomic mass is 9.86. The third kappa shape index (κ3) is 3.90. The van der Waals surface area contributed by atoms with E-state index in [4.69, 9.17) is 5.11 Å². The van der Waals surface area contributed by atoms with Gasteiger partial charge in [0.15, 0.2) is 5.78 Å². The van der Waals surface area contributed by atoms with E-state index in [0.717, 1.165) is 0 Å². The largest absolute Gasteiger partial charge is 0.481 e. The maximum Gasteiger partial charge on any atom is 0.306 e. The summed E-state index contributed by atoms with van der Waals surface area (Å²) in [7, 11) is 0. The molecule has 0 aliphatic heterocycles. The Hall–Kier alpha value is -2.17. The van der Waals surface area contributed by atoms with Crippen LogP contribution in [0.1, 0.15) is 53.3 Å². The fourth-order valence-corrected chi connectivity index (χ4v) is 2.61. The van der Waals surface area contributed by atoms with Crippen molar-refractivity contribution in [1.29, 1.82) is 0 Å². The molecule has 0 bridgehead atoms. The van der Waals surface area contributed by atoms with Gasteiger partial charge in [-0.15, -0.1) is 0 Å². The van der Waals surface area contributed by atoms with Gasteiger partial charge < -0.3 is 10.4 Å². The van der Waals surface area contributed by atoms with Crippen molar-refractivity contribution in [3.63, 3.8) is 0 Å². The van der Waals surface area contributed by atoms with Gasteiger partial charge in [0.2, 0.25) is 0 Å². The van der Waals surface area contributed by atoms with Gasteiger partial charge in [0.25, 0.3) is 5.91 Å². The summed E-state index contributed by atoms with van der Waals surface area (Å²) in [5, 5.41) is 11.9. The predicted molar refractivity (Wildman–Crippen MR) is 77.3 cm³/mol. The Morgan fingerprint density at radius 2 is 1.52 bits per heavy atom. The van der Waals surface area contributed by atoms with Crippen LogP contribution >= 0.6 is 0 Å². The normalized spacial score (nSPS) is 21.6. The van der Waals surface area contributed by atoms with E-state index in [1.807, 2.05) is 0 Å². The number of carboxylic acid groups (broad SMARTS) is 1. The minimum Gasteiger partial charge on any atom is -0.481 e. The fourth-order valence-electron chi connectivity index (χ4n) is 2.61. The summed E-state index contributed by atoms with van der Waals surface area (Å²) in [6, 6.07) is 6.57. The molecule has 5 nitrogen and oxygen atoms in total. The van der Waals surface area contributed by atoms with Crippen LogP contribution in [0.15, 0.2) is 24.3 Å². The molecule has 1 fully saturated rings.